The molecule has 1 heterocycles. The number of rotatable bonds is 3. The van der Waals surface area contributed by atoms with Gasteiger partial charge in [0.1, 0.15) is 0 Å². The van der Waals surface area contributed by atoms with E-state index in [4.69, 9.17) is 11.1 Å². The van der Waals surface area contributed by atoms with Gasteiger partial charge in [-0.3, -0.25) is 5.41 Å². The van der Waals surface area contributed by atoms with Gasteiger partial charge in [0.05, 0.1) is 11.9 Å². The summed E-state index contributed by atoms with van der Waals surface area (Å²) in [6.45, 7) is 4.50. The molecule has 0 radical (unpaired) electrons. The zero-order valence-electron chi connectivity index (χ0n) is 8.16. The summed E-state index contributed by atoms with van der Waals surface area (Å²) < 4.78 is 0. The average molecular weight is 185 g/mol. The van der Waals surface area contributed by atoms with Crippen molar-refractivity contribution in [1.82, 2.24) is 4.90 Å². The lowest BCUT2D eigenvalue weighted by molar-refractivity contribution is 0.0674. The van der Waals surface area contributed by atoms with E-state index < -0.39 is 0 Å². The van der Waals surface area contributed by atoms with Gasteiger partial charge in [-0.1, -0.05) is 6.92 Å². The van der Waals surface area contributed by atoms with Crippen molar-refractivity contribution in [1.29, 1.82) is 5.41 Å². The Hall–Kier alpha value is -0.610. The van der Waals surface area contributed by atoms with Crippen LogP contribution in [0.3, 0.4) is 0 Å². The second-order valence-electron chi connectivity index (χ2n) is 3.91. The lowest BCUT2D eigenvalue weighted by Gasteiger charge is -2.31. The molecule has 0 amide bonds. The van der Waals surface area contributed by atoms with Crippen molar-refractivity contribution < 1.29 is 5.11 Å². The molecule has 0 spiro atoms. The van der Waals surface area contributed by atoms with Crippen molar-refractivity contribution in [3.63, 3.8) is 0 Å². The van der Waals surface area contributed by atoms with E-state index in [1.54, 1.807) is 0 Å². The maximum Gasteiger partial charge on any atom is 0.0947 e. The molecule has 1 rings (SSSR count). The fourth-order valence-corrected chi connectivity index (χ4v) is 1.68. The first-order valence-corrected chi connectivity index (χ1v) is 4.84. The zero-order valence-corrected chi connectivity index (χ0v) is 8.16. The molecule has 1 aliphatic rings. The molecule has 13 heavy (non-hydrogen) atoms. The molecule has 0 aromatic heterocycles. The van der Waals surface area contributed by atoms with E-state index in [-0.39, 0.29) is 17.9 Å². The minimum atomic E-state index is -0.187. The summed E-state index contributed by atoms with van der Waals surface area (Å²) in [4.78, 5) is 2.18. The molecule has 2 unspecified atom stereocenters. The van der Waals surface area contributed by atoms with Crippen LogP contribution in [0.15, 0.2) is 0 Å². The number of hydrogen-bond donors (Lipinski definition) is 3. The zero-order chi connectivity index (χ0) is 9.84. The lowest BCUT2D eigenvalue weighted by atomic mass is 10.1. The van der Waals surface area contributed by atoms with Gasteiger partial charge >= 0.3 is 0 Å². The SMILES string of the molecule is CC(CN1CCCC(O)C1)C(=N)N. The van der Waals surface area contributed by atoms with E-state index >= 15 is 0 Å². The standard InChI is InChI=1S/C9H19N3O/c1-7(9(10)11)5-12-4-2-3-8(13)6-12/h7-8,13H,2-6H2,1H3,(H3,10,11). The van der Waals surface area contributed by atoms with Crippen LogP contribution < -0.4 is 5.73 Å². The molecule has 2 atom stereocenters. The smallest absolute Gasteiger partial charge is 0.0947 e. The highest BCUT2D eigenvalue weighted by Gasteiger charge is 2.19. The molecule has 0 saturated carbocycles. The Bertz CT molecular complexity index is 184. The molecular formula is C9H19N3O. The maximum absolute atomic E-state index is 9.40. The number of hydrogen-bond acceptors (Lipinski definition) is 3. The summed E-state index contributed by atoms with van der Waals surface area (Å²) in [5.74, 6) is 0.338. The summed E-state index contributed by atoms with van der Waals surface area (Å²) in [5.41, 5.74) is 5.38. The summed E-state index contributed by atoms with van der Waals surface area (Å²) in [6.07, 6.45) is 1.77. The topological polar surface area (TPSA) is 73.3 Å². The first kappa shape index (κ1) is 10.5. The van der Waals surface area contributed by atoms with E-state index in [1.807, 2.05) is 6.92 Å². The number of piperidine rings is 1. The average Bonchev–Trinajstić information content (AvgIpc) is 2.04. The molecule has 1 fully saturated rings. The van der Waals surface area contributed by atoms with Crippen molar-refractivity contribution in [3.05, 3.63) is 0 Å². The second kappa shape index (κ2) is 4.58. The Morgan fingerprint density at radius 2 is 2.46 bits per heavy atom. The first-order valence-electron chi connectivity index (χ1n) is 4.84. The highest BCUT2D eigenvalue weighted by molar-refractivity contribution is 5.79. The first-order chi connectivity index (χ1) is 6.09. The van der Waals surface area contributed by atoms with Gasteiger partial charge in [0, 0.05) is 19.0 Å². The molecule has 0 aromatic rings. The maximum atomic E-state index is 9.40. The van der Waals surface area contributed by atoms with Gasteiger partial charge in [0.15, 0.2) is 0 Å². The number of amidine groups is 1. The van der Waals surface area contributed by atoms with Crippen LogP contribution in [0.4, 0.5) is 0 Å². The van der Waals surface area contributed by atoms with Gasteiger partial charge in [0.2, 0.25) is 0 Å². The Balaban J connectivity index is 2.31. The highest BCUT2D eigenvalue weighted by atomic mass is 16.3. The van der Waals surface area contributed by atoms with Gasteiger partial charge in [-0.15, -0.1) is 0 Å². The van der Waals surface area contributed by atoms with E-state index in [0.717, 1.165) is 32.5 Å². The van der Waals surface area contributed by atoms with Crippen LogP contribution in [0.2, 0.25) is 0 Å². The molecule has 0 bridgehead atoms. The minimum absolute atomic E-state index is 0.102. The predicted octanol–water partition coefficient (Wildman–Crippen LogP) is 0.0152. The number of β-amino-alcohol motifs (C(OH)–C–C–N with tert-alkyl or cyclic N) is 1. The van der Waals surface area contributed by atoms with Crippen LogP contribution in [0.5, 0.6) is 0 Å². The minimum Gasteiger partial charge on any atom is -0.392 e. The number of nitrogens with zero attached hydrogens (tertiary/aromatic N) is 1. The molecule has 0 aromatic carbocycles. The van der Waals surface area contributed by atoms with Crippen LogP contribution in [0.1, 0.15) is 19.8 Å². The highest BCUT2D eigenvalue weighted by Crippen LogP contribution is 2.11. The molecule has 1 saturated heterocycles. The van der Waals surface area contributed by atoms with Gasteiger partial charge in [0.25, 0.3) is 0 Å². The molecule has 4 N–H and O–H groups in total. The van der Waals surface area contributed by atoms with Crippen molar-refractivity contribution in [2.75, 3.05) is 19.6 Å². The van der Waals surface area contributed by atoms with E-state index in [9.17, 15) is 5.11 Å². The van der Waals surface area contributed by atoms with Crippen molar-refractivity contribution in [3.8, 4) is 0 Å². The van der Waals surface area contributed by atoms with E-state index in [1.165, 1.54) is 0 Å². The Morgan fingerprint density at radius 3 is 3.00 bits per heavy atom. The largest absolute Gasteiger partial charge is 0.392 e. The van der Waals surface area contributed by atoms with Gasteiger partial charge in [-0.2, -0.15) is 0 Å². The molecule has 4 nitrogen and oxygen atoms in total. The Labute approximate surface area is 79.2 Å². The van der Waals surface area contributed by atoms with Gasteiger partial charge in [-0.05, 0) is 19.4 Å². The number of nitrogens with two attached hydrogens (primary N) is 1. The van der Waals surface area contributed by atoms with Crippen molar-refractivity contribution >= 4 is 5.84 Å². The van der Waals surface area contributed by atoms with Crippen LogP contribution >= 0.6 is 0 Å². The van der Waals surface area contributed by atoms with Crippen LogP contribution in [0, 0.1) is 11.3 Å². The third kappa shape index (κ3) is 3.32. The van der Waals surface area contributed by atoms with Crippen molar-refractivity contribution in [2.45, 2.75) is 25.9 Å². The second-order valence-corrected chi connectivity index (χ2v) is 3.91. The Kier molecular flexibility index (Phi) is 3.69. The summed E-state index contributed by atoms with van der Waals surface area (Å²) in [6, 6.07) is 0. The van der Waals surface area contributed by atoms with Gasteiger partial charge < -0.3 is 15.7 Å². The summed E-state index contributed by atoms with van der Waals surface area (Å²) in [7, 11) is 0. The molecule has 0 aliphatic carbocycles. The van der Waals surface area contributed by atoms with Crippen molar-refractivity contribution in [2.24, 2.45) is 11.7 Å². The third-order valence-electron chi connectivity index (χ3n) is 2.54. The van der Waals surface area contributed by atoms with E-state index in [2.05, 4.69) is 4.90 Å². The third-order valence-corrected chi connectivity index (χ3v) is 2.54. The molecular weight excluding hydrogens is 166 g/mol. The molecule has 76 valence electrons. The number of nitrogens with one attached hydrogen (secondary N) is 1. The molecule has 4 heteroatoms. The summed E-state index contributed by atoms with van der Waals surface area (Å²) >= 11 is 0. The Morgan fingerprint density at radius 1 is 1.77 bits per heavy atom. The molecule has 1 aliphatic heterocycles. The normalized spacial score (nSPS) is 27.1. The number of aliphatic hydroxyl groups excluding tert-OH is 1. The van der Waals surface area contributed by atoms with Crippen LogP contribution in [-0.2, 0) is 0 Å². The van der Waals surface area contributed by atoms with Crippen LogP contribution in [0.25, 0.3) is 0 Å². The fraction of sp³-hybridized carbons (Fsp3) is 0.889. The lowest BCUT2D eigenvalue weighted by Crippen LogP contribution is -2.42. The van der Waals surface area contributed by atoms with Crippen LogP contribution in [-0.4, -0.2) is 41.6 Å². The predicted molar refractivity (Wildman–Crippen MR) is 52.8 cm³/mol. The number of likely N-dealkylation sites (tertiary alicyclic amines) is 1. The monoisotopic (exact) mass is 185 g/mol. The van der Waals surface area contributed by atoms with Gasteiger partial charge in [-0.25, -0.2) is 0 Å². The quantitative estimate of drug-likeness (QED) is 0.428. The summed E-state index contributed by atoms with van der Waals surface area (Å²) in [5, 5.41) is 16.7. The van der Waals surface area contributed by atoms with E-state index in [0.29, 0.717) is 0 Å². The fourth-order valence-electron chi connectivity index (χ4n) is 1.68. The number of aliphatic hydroxyl groups is 1.